The van der Waals surface area contributed by atoms with E-state index in [0.717, 1.165) is 23.3 Å². The standard InChI is InChI=1S/C17H19NO2/c1-3-14-8-4-5-9-15(14)12-18-20-13-16-10-6-7-11-17(16)19-2/h4-12H,3,13H2,1-2H3. The van der Waals surface area contributed by atoms with Gasteiger partial charge in [-0.1, -0.05) is 54.5 Å². The van der Waals surface area contributed by atoms with Gasteiger partial charge >= 0.3 is 0 Å². The van der Waals surface area contributed by atoms with Crippen molar-refractivity contribution in [2.45, 2.75) is 20.0 Å². The minimum absolute atomic E-state index is 0.398. The van der Waals surface area contributed by atoms with E-state index in [2.05, 4.69) is 18.1 Å². The highest BCUT2D eigenvalue weighted by Crippen LogP contribution is 2.18. The molecule has 2 aromatic rings. The van der Waals surface area contributed by atoms with Crippen molar-refractivity contribution in [2.75, 3.05) is 7.11 Å². The Morgan fingerprint density at radius 3 is 2.45 bits per heavy atom. The van der Waals surface area contributed by atoms with Crippen LogP contribution in [0.4, 0.5) is 0 Å². The largest absolute Gasteiger partial charge is 0.496 e. The first-order valence-corrected chi connectivity index (χ1v) is 6.70. The van der Waals surface area contributed by atoms with Crippen molar-refractivity contribution in [1.82, 2.24) is 0 Å². The Labute approximate surface area is 119 Å². The van der Waals surface area contributed by atoms with Gasteiger partial charge in [0.1, 0.15) is 12.4 Å². The third-order valence-corrected chi connectivity index (χ3v) is 3.11. The lowest BCUT2D eigenvalue weighted by atomic mass is 10.1. The number of nitrogens with zero attached hydrogens (tertiary/aromatic N) is 1. The van der Waals surface area contributed by atoms with Crippen molar-refractivity contribution in [3.8, 4) is 5.75 Å². The predicted molar refractivity (Wildman–Crippen MR) is 81.2 cm³/mol. The highest BCUT2D eigenvalue weighted by Gasteiger charge is 2.01. The molecular formula is C17H19NO2. The van der Waals surface area contributed by atoms with E-state index in [1.807, 2.05) is 42.5 Å². The van der Waals surface area contributed by atoms with Gasteiger partial charge < -0.3 is 9.57 Å². The van der Waals surface area contributed by atoms with Crippen molar-refractivity contribution in [2.24, 2.45) is 5.16 Å². The van der Waals surface area contributed by atoms with Crippen LogP contribution in [0.25, 0.3) is 0 Å². The molecule has 0 saturated carbocycles. The summed E-state index contributed by atoms with van der Waals surface area (Å²) in [5.41, 5.74) is 3.34. The van der Waals surface area contributed by atoms with Gasteiger partial charge in [-0.3, -0.25) is 0 Å². The van der Waals surface area contributed by atoms with Gasteiger partial charge in [0.25, 0.3) is 0 Å². The molecule has 20 heavy (non-hydrogen) atoms. The summed E-state index contributed by atoms with van der Waals surface area (Å²) in [6, 6.07) is 15.9. The first-order chi connectivity index (χ1) is 9.85. The van der Waals surface area contributed by atoms with Crippen molar-refractivity contribution in [3.05, 3.63) is 65.2 Å². The molecule has 2 aromatic carbocycles. The van der Waals surface area contributed by atoms with Gasteiger partial charge in [0, 0.05) is 5.56 Å². The maximum atomic E-state index is 5.36. The first kappa shape index (κ1) is 14.1. The minimum atomic E-state index is 0.398. The highest BCUT2D eigenvalue weighted by molar-refractivity contribution is 5.81. The predicted octanol–water partition coefficient (Wildman–Crippen LogP) is 3.81. The number of oxime groups is 1. The molecule has 0 atom stereocenters. The molecule has 2 rings (SSSR count). The average molecular weight is 269 g/mol. The second kappa shape index (κ2) is 7.34. The summed E-state index contributed by atoms with van der Waals surface area (Å²) < 4.78 is 5.27. The molecule has 0 aliphatic carbocycles. The molecule has 0 unspecified atom stereocenters. The molecule has 0 amide bonds. The average Bonchev–Trinajstić information content (AvgIpc) is 2.52. The van der Waals surface area contributed by atoms with Crippen LogP contribution < -0.4 is 4.74 Å². The Morgan fingerprint density at radius 1 is 1.00 bits per heavy atom. The highest BCUT2D eigenvalue weighted by atomic mass is 16.6. The molecule has 0 aliphatic heterocycles. The Bertz CT molecular complexity index is 579. The normalized spacial score (nSPS) is 10.7. The topological polar surface area (TPSA) is 30.8 Å². The lowest BCUT2D eigenvalue weighted by Gasteiger charge is -2.06. The van der Waals surface area contributed by atoms with Crippen molar-refractivity contribution in [3.63, 3.8) is 0 Å². The molecule has 3 nitrogen and oxygen atoms in total. The van der Waals surface area contributed by atoms with Gasteiger partial charge in [0.05, 0.1) is 13.3 Å². The monoisotopic (exact) mass is 269 g/mol. The fourth-order valence-electron chi connectivity index (χ4n) is 2.01. The van der Waals surface area contributed by atoms with Crippen LogP contribution in [-0.4, -0.2) is 13.3 Å². The summed E-state index contributed by atoms with van der Waals surface area (Å²) in [5, 5.41) is 4.04. The van der Waals surface area contributed by atoms with Crippen LogP contribution >= 0.6 is 0 Å². The zero-order valence-electron chi connectivity index (χ0n) is 11.9. The van der Waals surface area contributed by atoms with Crippen LogP contribution in [0.2, 0.25) is 0 Å². The summed E-state index contributed by atoms with van der Waals surface area (Å²) in [5.74, 6) is 0.816. The van der Waals surface area contributed by atoms with E-state index in [0.29, 0.717) is 6.61 Å². The number of aryl methyl sites for hydroxylation is 1. The molecule has 0 N–H and O–H groups in total. The number of rotatable bonds is 6. The third kappa shape index (κ3) is 3.60. The number of hydrogen-bond donors (Lipinski definition) is 0. The number of hydrogen-bond acceptors (Lipinski definition) is 3. The first-order valence-electron chi connectivity index (χ1n) is 6.70. The second-order valence-corrected chi connectivity index (χ2v) is 4.37. The summed E-state index contributed by atoms with van der Waals surface area (Å²) in [7, 11) is 1.65. The maximum Gasteiger partial charge on any atom is 0.145 e. The molecule has 0 spiro atoms. The SMILES string of the molecule is CCc1ccccc1C=NOCc1ccccc1OC. The van der Waals surface area contributed by atoms with Crippen LogP contribution in [-0.2, 0) is 17.9 Å². The summed E-state index contributed by atoms with van der Waals surface area (Å²) in [4.78, 5) is 5.36. The zero-order valence-corrected chi connectivity index (χ0v) is 11.9. The fourth-order valence-corrected chi connectivity index (χ4v) is 2.01. The molecule has 0 fully saturated rings. The number of methoxy groups -OCH3 is 1. The Hall–Kier alpha value is -2.29. The Kier molecular flexibility index (Phi) is 5.18. The Morgan fingerprint density at radius 2 is 1.70 bits per heavy atom. The third-order valence-electron chi connectivity index (χ3n) is 3.11. The van der Waals surface area contributed by atoms with Gasteiger partial charge in [-0.2, -0.15) is 0 Å². The van der Waals surface area contributed by atoms with E-state index in [-0.39, 0.29) is 0 Å². The number of benzene rings is 2. The minimum Gasteiger partial charge on any atom is -0.496 e. The van der Waals surface area contributed by atoms with Crippen LogP contribution in [0, 0.1) is 0 Å². The molecule has 0 heterocycles. The smallest absolute Gasteiger partial charge is 0.145 e. The van der Waals surface area contributed by atoms with E-state index >= 15 is 0 Å². The summed E-state index contributed by atoms with van der Waals surface area (Å²) in [6.07, 6.45) is 2.74. The quantitative estimate of drug-likeness (QED) is 0.590. The van der Waals surface area contributed by atoms with E-state index in [9.17, 15) is 0 Å². The van der Waals surface area contributed by atoms with Crippen molar-refractivity contribution in [1.29, 1.82) is 0 Å². The summed E-state index contributed by atoms with van der Waals surface area (Å²) >= 11 is 0. The fraction of sp³-hybridized carbons (Fsp3) is 0.235. The molecule has 0 aromatic heterocycles. The van der Waals surface area contributed by atoms with E-state index < -0.39 is 0 Å². The molecule has 0 aliphatic rings. The Balaban J connectivity index is 1.97. The second-order valence-electron chi connectivity index (χ2n) is 4.37. The van der Waals surface area contributed by atoms with E-state index in [1.165, 1.54) is 5.56 Å². The lowest BCUT2D eigenvalue weighted by Crippen LogP contribution is -1.94. The lowest BCUT2D eigenvalue weighted by molar-refractivity contribution is 0.130. The van der Waals surface area contributed by atoms with Crippen molar-refractivity contribution >= 4 is 6.21 Å². The molecular weight excluding hydrogens is 250 g/mol. The zero-order chi connectivity index (χ0) is 14.2. The molecule has 0 bridgehead atoms. The molecule has 3 heteroatoms. The maximum absolute atomic E-state index is 5.36. The van der Waals surface area contributed by atoms with Gasteiger partial charge in [-0.05, 0) is 23.6 Å². The van der Waals surface area contributed by atoms with Gasteiger partial charge in [0.15, 0.2) is 0 Å². The van der Waals surface area contributed by atoms with Crippen LogP contribution in [0.5, 0.6) is 5.75 Å². The van der Waals surface area contributed by atoms with Gasteiger partial charge in [0.2, 0.25) is 0 Å². The van der Waals surface area contributed by atoms with Crippen molar-refractivity contribution < 1.29 is 9.57 Å². The van der Waals surface area contributed by atoms with Crippen LogP contribution in [0.15, 0.2) is 53.7 Å². The van der Waals surface area contributed by atoms with Gasteiger partial charge in [-0.25, -0.2) is 0 Å². The van der Waals surface area contributed by atoms with Crippen LogP contribution in [0.1, 0.15) is 23.6 Å². The molecule has 0 radical (unpaired) electrons. The van der Waals surface area contributed by atoms with E-state index in [4.69, 9.17) is 9.57 Å². The number of ether oxygens (including phenoxy) is 1. The number of para-hydroxylation sites is 1. The van der Waals surface area contributed by atoms with E-state index in [1.54, 1.807) is 13.3 Å². The summed E-state index contributed by atoms with van der Waals surface area (Å²) in [6.45, 7) is 2.52. The molecule has 0 saturated heterocycles. The van der Waals surface area contributed by atoms with Gasteiger partial charge in [-0.15, -0.1) is 0 Å². The van der Waals surface area contributed by atoms with Crippen LogP contribution in [0.3, 0.4) is 0 Å². The molecule has 104 valence electrons.